The fourth-order valence-electron chi connectivity index (χ4n) is 2.77. The van der Waals surface area contributed by atoms with Crippen LogP contribution in [0.3, 0.4) is 0 Å². The van der Waals surface area contributed by atoms with Gasteiger partial charge in [0.15, 0.2) is 10.8 Å². The molecule has 4 aromatic rings. The Labute approximate surface area is 161 Å². The van der Waals surface area contributed by atoms with Crippen molar-refractivity contribution in [3.63, 3.8) is 0 Å². The summed E-state index contributed by atoms with van der Waals surface area (Å²) in [4.78, 5) is 17.9. The minimum Gasteiger partial charge on any atom is -0.296 e. The van der Waals surface area contributed by atoms with E-state index in [1.54, 1.807) is 16.9 Å². The van der Waals surface area contributed by atoms with E-state index < -0.39 is 0 Å². The van der Waals surface area contributed by atoms with Gasteiger partial charge < -0.3 is 0 Å². The number of aromatic nitrogens is 3. The maximum absolute atomic E-state index is 12.5. The Morgan fingerprint density at radius 3 is 2.67 bits per heavy atom. The molecule has 134 valence electrons. The number of carbonyl (C=O) groups is 1. The molecule has 1 amide bonds. The largest absolute Gasteiger partial charge is 0.296 e. The Kier molecular flexibility index (Phi) is 4.80. The second-order valence-electron chi connectivity index (χ2n) is 6.17. The van der Waals surface area contributed by atoms with Gasteiger partial charge >= 0.3 is 0 Å². The number of nitrogens with zero attached hydrogens (tertiary/aromatic N) is 3. The molecule has 0 atom stereocenters. The molecule has 0 saturated carbocycles. The third-order valence-corrected chi connectivity index (χ3v) is 5.16. The molecule has 6 heteroatoms. The first kappa shape index (κ1) is 17.2. The van der Waals surface area contributed by atoms with Crippen molar-refractivity contribution in [3.05, 3.63) is 94.8 Å². The summed E-state index contributed by atoms with van der Waals surface area (Å²) in [5.41, 5.74) is 3.78. The summed E-state index contributed by atoms with van der Waals surface area (Å²) in [6.07, 6.45) is 4.40. The molecule has 2 aromatic heterocycles. The van der Waals surface area contributed by atoms with E-state index in [0.717, 1.165) is 17.0 Å². The summed E-state index contributed by atoms with van der Waals surface area (Å²) in [5, 5.41) is 7.76. The van der Waals surface area contributed by atoms with Crippen molar-refractivity contribution in [2.24, 2.45) is 0 Å². The molecular formula is C21H18N4OS. The molecule has 0 spiro atoms. The van der Waals surface area contributed by atoms with Gasteiger partial charge in [0.2, 0.25) is 0 Å². The fraction of sp³-hybridized carbons (Fsp3) is 0.0952. The third-order valence-electron chi connectivity index (χ3n) is 4.24. The first-order valence-corrected chi connectivity index (χ1v) is 9.42. The van der Waals surface area contributed by atoms with Gasteiger partial charge in [-0.25, -0.2) is 9.67 Å². The maximum Gasteiger partial charge on any atom is 0.277 e. The van der Waals surface area contributed by atoms with Crippen LogP contribution in [0.25, 0.3) is 5.69 Å². The summed E-state index contributed by atoms with van der Waals surface area (Å²) < 4.78 is 1.68. The van der Waals surface area contributed by atoms with Crippen LogP contribution in [-0.2, 0) is 6.42 Å². The lowest BCUT2D eigenvalue weighted by Crippen LogP contribution is -2.12. The van der Waals surface area contributed by atoms with Gasteiger partial charge in [0.25, 0.3) is 5.91 Å². The van der Waals surface area contributed by atoms with E-state index in [0.29, 0.717) is 10.8 Å². The highest BCUT2D eigenvalue weighted by Gasteiger charge is 2.13. The van der Waals surface area contributed by atoms with Crippen molar-refractivity contribution in [2.75, 3.05) is 5.32 Å². The van der Waals surface area contributed by atoms with Crippen LogP contribution in [0.5, 0.6) is 0 Å². The average Bonchev–Trinajstić information content (AvgIpc) is 3.34. The zero-order chi connectivity index (χ0) is 18.6. The van der Waals surface area contributed by atoms with Crippen LogP contribution in [0, 0.1) is 6.92 Å². The van der Waals surface area contributed by atoms with Crippen LogP contribution in [0.1, 0.15) is 26.5 Å². The van der Waals surface area contributed by atoms with Crippen LogP contribution < -0.4 is 5.32 Å². The molecule has 0 aliphatic heterocycles. The monoisotopic (exact) mass is 374 g/mol. The van der Waals surface area contributed by atoms with Crippen molar-refractivity contribution < 1.29 is 4.79 Å². The molecule has 2 aromatic carbocycles. The quantitative estimate of drug-likeness (QED) is 0.560. The number of anilines is 1. The number of aryl methyl sites for hydroxylation is 1. The molecule has 0 unspecified atom stereocenters. The Bertz CT molecular complexity index is 1070. The summed E-state index contributed by atoms with van der Waals surface area (Å²) in [7, 11) is 0. The Morgan fingerprint density at radius 2 is 1.85 bits per heavy atom. The molecule has 0 saturated heterocycles. The van der Waals surface area contributed by atoms with Crippen molar-refractivity contribution >= 4 is 22.4 Å². The van der Waals surface area contributed by atoms with E-state index in [9.17, 15) is 4.79 Å². The smallest absolute Gasteiger partial charge is 0.277 e. The van der Waals surface area contributed by atoms with E-state index in [2.05, 4.69) is 34.5 Å². The van der Waals surface area contributed by atoms with Gasteiger partial charge in [-0.3, -0.25) is 10.1 Å². The normalized spacial score (nSPS) is 10.7. The number of hydrogen-bond donors (Lipinski definition) is 1. The number of benzene rings is 2. The zero-order valence-corrected chi connectivity index (χ0v) is 15.6. The van der Waals surface area contributed by atoms with Crippen molar-refractivity contribution in [1.29, 1.82) is 0 Å². The SMILES string of the molecule is Cc1ccccc1Cc1cnc(NC(=O)c2ccn(-c3ccccc3)n2)s1. The van der Waals surface area contributed by atoms with E-state index in [4.69, 9.17) is 0 Å². The number of hydrogen-bond acceptors (Lipinski definition) is 4. The first-order valence-electron chi connectivity index (χ1n) is 8.61. The van der Waals surface area contributed by atoms with E-state index >= 15 is 0 Å². The molecule has 0 radical (unpaired) electrons. The van der Waals surface area contributed by atoms with Crippen molar-refractivity contribution in [2.45, 2.75) is 13.3 Å². The fourth-order valence-corrected chi connectivity index (χ4v) is 3.60. The number of para-hydroxylation sites is 1. The van der Waals surface area contributed by atoms with Gasteiger partial charge in [-0.15, -0.1) is 11.3 Å². The lowest BCUT2D eigenvalue weighted by Gasteiger charge is -2.02. The molecule has 0 bridgehead atoms. The summed E-state index contributed by atoms with van der Waals surface area (Å²) >= 11 is 1.48. The van der Waals surface area contributed by atoms with Crippen LogP contribution in [-0.4, -0.2) is 20.7 Å². The second-order valence-corrected chi connectivity index (χ2v) is 7.29. The van der Waals surface area contributed by atoms with E-state index in [1.165, 1.54) is 22.5 Å². The van der Waals surface area contributed by atoms with Crippen LogP contribution in [0.15, 0.2) is 73.1 Å². The lowest BCUT2D eigenvalue weighted by atomic mass is 10.1. The highest BCUT2D eigenvalue weighted by Crippen LogP contribution is 2.23. The van der Waals surface area contributed by atoms with Crippen LogP contribution >= 0.6 is 11.3 Å². The van der Waals surface area contributed by atoms with Gasteiger partial charge in [-0.1, -0.05) is 42.5 Å². The lowest BCUT2D eigenvalue weighted by molar-refractivity contribution is 0.102. The van der Waals surface area contributed by atoms with Gasteiger partial charge in [0.05, 0.1) is 5.69 Å². The Balaban J connectivity index is 1.44. The predicted molar refractivity (Wildman–Crippen MR) is 108 cm³/mol. The van der Waals surface area contributed by atoms with Gasteiger partial charge in [-0.05, 0) is 36.2 Å². The van der Waals surface area contributed by atoms with Gasteiger partial charge in [0, 0.05) is 23.7 Å². The van der Waals surface area contributed by atoms with Gasteiger partial charge in [0.1, 0.15) is 0 Å². The number of nitrogens with one attached hydrogen (secondary N) is 1. The number of thiazole rings is 1. The van der Waals surface area contributed by atoms with Crippen LogP contribution in [0.4, 0.5) is 5.13 Å². The average molecular weight is 374 g/mol. The number of carbonyl (C=O) groups excluding carboxylic acids is 1. The van der Waals surface area contributed by atoms with Crippen molar-refractivity contribution in [1.82, 2.24) is 14.8 Å². The molecule has 2 heterocycles. The maximum atomic E-state index is 12.5. The van der Waals surface area contributed by atoms with Crippen LogP contribution in [0.2, 0.25) is 0 Å². The highest BCUT2D eigenvalue weighted by molar-refractivity contribution is 7.15. The highest BCUT2D eigenvalue weighted by atomic mass is 32.1. The molecule has 0 aliphatic rings. The molecule has 27 heavy (non-hydrogen) atoms. The first-order chi connectivity index (χ1) is 13.2. The van der Waals surface area contributed by atoms with E-state index in [-0.39, 0.29) is 5.91 Å². The Morgan fingerprint density at radius 1 is 1.07 bits per heavy atom. The standard InChI is InChI=1S/C21H18N4OS/c1-15-7-5-6-8-16(15)13-18-14-22-21(27-18)23-20(26)19-11-12-25(24-19)17-9-3-2-4-10-17/h2-12,14H,13H2,1H3,(H,22,23,26). The van der Waals surface area contributed by atoms with Crippen molar-refractivity contribution in [3.8, 4) is 5.69 Å². The molecule has 1 N–H and O–H groups in total. The summed E-state index contributed by atoms with van der Waals surface area (Å²) in [6, 6.07) is 19.7. The number of amides is 1. The summed E-state index contributed by atoms with van der Waals surface area (Å²) in [5.74, 6) is -0.263. The third kappa shape index (κ3) is 3.96. The molecule has 0 fully saturated rings. The van der Waals surface area contributed by atoms with Gasteiger partial charge in [-0.2, -0.15) is 5.10 Å². The topological polar surface area (TPSA) is 59.8 Å². The summed E-state index contributed by atoms with van der Waals surface area (Å²) in [6.45, 7) is 2.10. The number of rotatable bonds is 5. The molecule has 0 aliphatic carbocycles. The molecule has 4 rings (SSSR count). The van der Waals surface area contributed by atoms with E-state index in [1.807, 2.05) is 48.7 Å². The molecular weight excluding hydrogens is 356 g/mol. The minimum atomic E-state index is -0.263. The second kappa shape index (κ2) is 7.55. The zero-order valence-electron chi connectivity index (χ0n) is 14.8. The Hall–Kier alpha value is -3.25. The predicted octanol–water partition coefficient (Wildman–Crippen LogP) is 4.48. The molecule has 5 nitrogen and oxygen atoms in total. The minimum absolute atomic E-state index is 0.263.